The number of H-pyrrole nitrogens is 1. The second-order valence-corrected chi connectivity index (χ2v) is 5.09. The summed E-state index contributed by atoms with van der Waals surface area (Å²) in [4.78, 5) is 7.35. The lowest BCUT2D eigenvalue weighted by molar-refractivity contribution is 0.289. The molecule has 1 aromatic heterocycles. The fourth-order valence-corrected chi connectivity index (χ4v) is 2.66. The van der Waals surface area contributed by atoms with Crippen LogP contribution in [0, 0.1) is 11.6 Å². The zero-order chi connectivity index (χ0) is 12.8. The van der Waals surface area contributed by atoms with Gasteiger partial charge in [-0.05, 0) is 12.8 Å². The van der Waals surface area contributed by atoms with Crippen molar-refractivity contribution in [1.29, 1.82) is 0 Å². The molecule has 3 rings (SSSR count). The summed E-state index contributed by atoms with van der Waals surface area (Å²) in [5.41, 5.74) is 6.79. The Labute approximate surface area is 103 Å². The number of fused-ring (bicyclic) bond motifs is 1. The number of rotatable bonds is 1. The highest BCUT2D eigenvalue weighted by Gasteiger charge is 2.32. The van der Waals surface area contributed by atoms with Crippen molar-refractivity contribution in [2.24, 2.45) is 5.73 Å². The predicted octanol–water partition coefficient (Wildman–Crippen LogP) is 2.96. The van der Waals surface area contributed by atoms with E-state index < -0.39 is 17.2 Å². The van der Waals surface area contributed by atoms with E-state index in [0.717, 1.165) is 37.8 Å². The van der Waals surface area contributed by atoms with Crippen LogP contribution in [0.3, 0.4) is 0 Å². The maximum absolute atomic E-state index is 13.1. The average Bonchev–Trinajstić information content (AvgIpc) is 2.74. The molecule has 0 radical (unpaired) electrons. The monoisotopic (exact) mass is 251 g/mol. The van der Waals surface area contributed by atoms with Gasteiger partial charge in [-0.1, -0.05) is 19.3 Å². The van der Waals surface area contributed by atoms with Crippen LogP contribution in [0.25, 0.3) is 11.0 Å². The molecule has 0 amide bonds. The van der Waals surface area contributed by atoms with Gasteiger partial charge in [0.2, 0.25) is 0 Å². The summed E-state index contributed by atoms with van der Waals surface area (Å²) in [6, 6.07) is 2.24. The summed E-state index contributed by atoms with van der Waals surface area (Å²) in [6.45, 7) is 0. The summed E-state index contributed by atoms with van der Waals surface area (Å²) in [7, 11) is 0. The molecular formula is C13H15F2N3. The Kier molecular flexibility index (Phi) is 2.59. The van der Waals surface area contributed by atoms with E-state index in [0.29, 0.717) is 16.9 Å². The van der Waals surface area contributed by atoms with E-state index in [2.05, 4.69) is 9.97 Å². The zero-order valence-electron chi connectivity index (χ0n) is 9.97. The first-order valence-corrected chi connectivity index (χ1v) is 6.23. The van der Waals surface area contributed by atoms with Gasteiger partial charge < -0.3 is 10.7 Å². The third kappa shape index (κ3) is 1.79. The summed E-state index contributed by atoms with van der Waals surface area (Å²) in [6.07, 6.45) is 5.03. The number of imidazole rings is 1. The molecule has 3 nitrogen and oxygen atoms in total. The zero-order valence-corrected chi connectivity index (χ0v) is 9.97. The lowest BCUT2D eigenvalue weighted by Crippen LogP contribution is -2.39. The summed E-state index contributed by atoms with van der Waals surface area (Å²) < 4.78 is 26.3. The van der Waals surface area contributed by atoms with Crippen LogP contribution in [0.2, 0.25) is 0 Å². The van der Waals surface area contributed by atoms with E-state index >= 15 is 0 Å². The molecule has 0 bridgehead atoms. The summed E-state index contributed by atoms with van der Waals surface area (Å²) >= 11 is 0. The summed E-state index contributed by atoms with van der Waals surface area (Å²) in [5, 5.41) is 0. The standard InChI is InChI=1S/C13H15F2N3/c14-8-6-10-11(7-9(8)15)18-12(17-10)13(16)4-2-1-3-5-13/h6-7H,1-5,16H2,(H,17,18). The second kappa shape index (κ2) is 4.02. The molecule has 0 aliphatic heterocycles. The Hall–Kier alpha value is -1.49. The molecule has 0 saturated heterocycles. The molecule has 0 unspecified atom stereocenters. The Morgan fingerprint density at radius 3 is 2.50 bits per heavy atom. The predicted molar refractivity (Wildman–Crippen MR) is 65.0 cm³/mol. The van der Waals surface area contributed by atoms with Crippen LogP contribution in [0.4, 0.5) is 8.78 Å². The number of halogens is 2. The highest BCUT2D eigenvalue weighted by atomic mass is 19.2. The molecular weight excluding hydrogens is 236 g/mol. The maximum atomic E-state index is 13.1. The van der Waals surface area contributed by atoms with E-state index in [4.69, 9.17) is 5.73 Å². The Morgan fingerprint density at radius 2 is 1.78 bits per heavy atom. The van der Waals surface area contributed by atoms with Gasteiger partial charge in [-0.2, -0.15) is 0 Å². The minimum absolute atomic E-state index is 0.430. The van der Waals surface area contributed by atoms with Gasteiger partial charge in [0.25, 0.3) is 0 Å². The fourth-order valence-electron chi connectivity index (χ4n) is 2.66. The lowest BCUT2D eigenvalue weighted by atomic mass is 9.82. The number of nitrogens with two attached hydrogens (primary N) is 1. The molecule has 2 aromatic rings. The molecule has 0 spiro atoms. The average molecular weight is 251 g/mol. The van der Waals surface area contributed by atoms with Gasteiger partial charge in [0.05, 0.1) is 16.6 Å². The van der Waals surface area contributed by atoms with Crippen molar-refractivity contribution in [3.63, 3.8) is 0 Å². The first-order chi connectivity index (χ1) is 8.58. The van der Waals surface area contributed by atoms with Crippen LogP contribution in [-0.2, 0) is 5.54 Å². The van der Waals surface area contributed by atoms with Crippen LogP contribution in [0.15, 0.2) is 12.1 Å². The molecule has 0 atom stereocenters. The quantitative estimate of drug-likeness (QED) is 0.818. The highest BCUT2D eigenvalue weighted by molar-refractivity contribution is 5.75. The number of aromatic nitrogens is 2. The van der Waals surface area contributed by atoms with Gasteiger partial charge in [-0.25, -0.2) is 13.8 Å². The smallest absolute Gasteiger partial charge is 0.161 e. The SMILES string of the molecule is NC1(c2nc3cc(F)c(F)cc3[nH]2)CCCCC1. The number of hydrogen-bond acceptors (Lipinski definition) is 2. The largest absolute Gasteiger partial charge is 0.340 e. The van der Waals surface area contributed by atoms with Crippen molar-refractivity contribution in [2.45, 2.75) is 37.6 Å². The van der Waals surface area contributed by atoms with Gasteiger partial charge in [0.15, 0.2) is 11.6 Å². The van der Waals surface area contributed by atoms with Crippen molar-refractivity contribution < 1.29 is 8.78 Å². The third-order valence-corrected chi connectivity index (χ3v) is 3.74. The number of nitrogens with zero attached hydrogens (tertiary/aromatic N) is 1. The van der Waals surface area contributed by atoms with Crippen molar-refractivity contribution >= 4 is 11.0 Å². The van der Waals surface area contributed by atoms with E-state index in [-0.39, 0.29) is 0 Å². The van der Waals surface area contributed by atoms with E-state index in [1.165, 1.54) is 6.42 Å². The van der Waals surface area contributed by atoms with Crippen molar-refractivity contribution in [1.82, 2.24) is 9.97 Å². The highest BCUT2D eigenvalue weighted by Crippen LogP contribution is 2.34. The van der Waals surface area contributed by atoms with E-state index in [1.54, 1.807) is 0 Å². The van der Waals surface area contributed by atoms with E-state index in [1.807, 2.05) is 0 Å². The maximum Gasteiger partial charge on any atom is 0.161 e. The molecule has 5 heteroatoms. The molecule has 96 valence electrons. The molecule has 18 heavy (non-hydrogen) atoms. The molecule has 1 fully saturated rings. The molecule has 1 aromatic carbocycles. The topological polar surface area (TPSA) is 54.7 Å². The Morgan fingerprint density at radius 1 is 1.11 bits per heavy atom. The second-order valence-electron chi connectivity index (χ2n) is 5.09. The van der Waals surface area contributed by atoms with Gasteiger partial charge in [-0.15, -0.1) is 0 Å². The molecule has 3 N–H and O–H groups in total. The van der Waals surface area contributed by atoms with Crippen LogP contribution in [0.5, 0.6) is 0 Å². The minimum Gasteiger partial charge on any atom is -0.340 e. The van der Waals surface area contributed by atoms with Crippen LogP contribution in [0.1, 0.15) is 37.9 Å². The Balaban J connectivity index is 2.07. The number of benzene rings is 1. The molecule has 1 aliphatic rings. The van der Waals surface area contributed by atoms with Crippen molar-refractivity contribution in [2.75, 3.05) is 0 Å². The van der Waals surface area contributed by atoms with Gasteiger partial charge in [0.1, 0.15) is 5.82 Å². The normalized spacial score (nSPS) is 19.3. The first-order valence-electron chi connectivity index (χ1n) is 6.23. The Bertz CT molecular complexity index is 546. The van der Waals surface area contributed by atoms with Crippen LogP contribution < -0.4 is 5.73 Å². The van der Waals surface area contributed by atoms with Crippen LogP contribution >= 0.6 is 0 Å². The van der Waals surface area contributed by atoms with Crippen molar-refractivity contribution in [3.05, 3.63) is 29.6 Å². The van der Waals surface area contributed by atoms with Crippen LogP contribution in [-0.4, -0.2) is 9.97 Å². The minimum atomic E-state index is -0.879. The van der Waals surface area contributed by atoms with E-state index in [9.17, 15) is 8.78 Å². The lowest BCUT2D eigenvalue weighted by Gasteiger charge is -2.31. The summed E-state index contributed by atoms with van der Waals surface area (Å²) in [5.74, 6) is -1.11. The van der Waals surface area contributed by atoms with Gasteiger partial charge >= 0.3 is 0 Å². The molecule has 1 aliphatic carbocycles. The fraction of sp³-hybridized carbons (Fsp3) is 0.462. The molecule has 1 saturated carbocycles. The number of aromatic amines is 1. The van der Waals surface area contributed by atoms with Gasteiger partial charge in [-0.3, -0.25) is 0 Å². The first kappa shape index (κ1) is 11.6. The van der Waals surface area contributed by atoms with Gasteiger partial charge in [0, 0.05) is 12.1 Å². The third-order valence-electron chi connectivity index (χ3n) is 3.74. The van der Waals surface area contributed by atoms with Crippen molar-refractivity contribution in [3.8, 4) is 0 Å². The number of nitrogens with one attached hydrogen (secondary N) is 1. The number of hydrogen-bond donors (Lipinski definition) is 2. The molecule has 1 heterocycles.